The molecular formula is C17H23N3O2. The number of benzene rings is 1. The van der Waals surface area contributed by atoms with Crippen LogP contribution in [-0.2, 0) is 9.59 Å². The Kier molecular flexibility index (Phi) is 6.13. The Bertz CT molecular complexity index is 540. The summed E-state index contributed by atoms with van der Waals surface area (Å²) in [7, 11) is 0. The van der Waals surface area contributed by atoms with Crippen molar-refractivity contribution in [3.63, 3.8) is 0 Å². The van der Waals surface area contributed by atoms with E-state index in [9.17, 15) is 9.59 Å². The van der Waals surface area contributed by atoms with Gasteiger partial charge in [0.15, 0.2) is 0 Å². The third-order valence-electron chi connectivity index (χ3n) is 3.76. The molecule has 0 heterocycles. The monoisotopic (exact) mass is 301 g/mol. The highest BCUT2D eigenvalue weighted by atomic mass is 16.2. The van der Waals surface area contributed by atoms with Gasteiger partial charge in [-0.25, -0.2) is 5.43 Å². The van der Waals surface area contributed by atoms with Gasteiger partial charge in [-0.1, -0.05) is 37.0 Å². The van der Waals surface area contributed by atoms with Crippen LogP contribution in [0.25, 0.3) is 0 Å². The van der Waals surface area contributed by atoms with Gasteiger partial charge in [0, 0.05) is 11.4 Å². The third-order valence-corrected chi connectivity index (χ3v) is 3.76. The Labute approximate surface area is 131 Å². The molecule has 0 radical (unpaired) electrons. The molecule has 1 aromatic rings. The highest BCUT2D eigenvalue weighted by molar-refractivity contribution is 6.39. The summed E-state index contributed by atoms with van der Waals surface area (Å²) < 4.78 is 0. The number of anilines is 1. The SMILES string of the molecule is Cc1ccc(NC(=O)C(=O)NN=C2CCCCCCC2)cc1. The molecule has 0 saturated heterocycles. The molecule has 0 bridgehead atoms. The molecule has 2 rings (SSSR count). The number of nitrogens with one attached hydrogen (secondary N) is 2. The minimum atomic E-state index is -0.727. The summed E-state index contributed by atoms with van der Waals surface area (Å²) in [6.45, 7) is 1.96. The zero-order valence-electron chi connectivity index (χ0n) is 13.0. The van der Waals surface area contributed by atoms with E-state index >= 15 is 0 Å². The Hall–Kier alpha value is -2.17. The maximum Gasteiger partial charge on any atom is 0.329 e. The van der Waals surface area contributed by atoms with Crippen LogP contribution in [0.1, 0.15) is 50.5 Å². The number of carbonyl (C=O) groups excluding carboxylic acids is 2. The maximum absolute atomic E-state index is 11.8. The average Bonchev–Trinajstić information content (AvgIpc) is 2.48. The summed E-state index contributed by atoms with van der Waals surface area (Å²) in [4.78, 5) is 23.6. The van der Waals surface area contributed by atoms with Gasteiger partial charge in [0.1, 0.15) is 0 Å². The largest absolute Gasteiger partial charge is 0.329 e. The van der Waals surface area contributed by atoms with Crippen LogP contribution in [0.5, 0.6) is 0 Å². The predicted octanol–water partition coefficient (Wildman–Crippen LogP) is 3.15. The minimum absolute atomic E-state index is 0.601. The van der Waals surface area contributed by atoms with Crippen LogP contribution >= 0.6 is 0 Å². The molecular weight excluding hydrogens is 278 g/mol. The molecule has 1 fully saturated rings. The highest BCUT2D eigenvalue weighted by Gasteiger charge is 2.13. The lowest BCUT2D eigenvalue weighted by molar-refractivity contribution is -0.136. The number of hydrogen-bond acceptors (Lipinski definition) is 3. The van der Waals surface area contributed by atoms with Crippen molar-refractivity contribution >= 4 is 23.2 Å². The van der Waals surface area contributed by atoms with Gasteiger partial charge in [-0.2, -0.15) is 5.10 Å². The molecule has 1 aromatic carbocycles. The van der Waals surface area contributed by atoms with E-state index < -0.39 is 11.8 Å². The van der Waals surface area contributed by atoms with Gasteiger partial charge >= 0.3 is 11.8 Å². The number of aryl methyl sites for hydroxylation is 1. The van der Waals surface area contributed by atoms with Crippen LogP contribution in [0.15, 0.2) is 29.4 Å². The van der Waals surface area contributed by atoms with Crippen molar-refractivity contribution in [2.75, 3.05) is 5.32 Å². The Balaban J connectivity index is 1.85. The van der Waals surface area contributed by atoms with Crippen LogP contribution in [0, 0.1) is 6.92 Å². The topological polar surface area (TPSA) is 70.6 Å². The second kappa shape index (κ2) is 8.32. The first kappa shape index (κ1) is 16.2. The van der Waals surface area contributed by atoms with Gasteiger partial charge in [-0.15, -0.1) is 0 Å². The van der Waals surface area contributed by atoms with Crippen LogP contribution in [0.3, 0.4) is 0 Å². The van der Waals surface area contributed by atoms with Gasteiger partial charge in [-0.3, -0.25) is 9.59 Å². The van der Waals surface area contributed by atoms with Crippen molar-refractivity contribution in [3.05, 3.63) is 29.8 Å². The van der Waals surface area contributed by atoms with Crippen LogP contribution in [0.4, 0.5) is 5.69 Å². The van der Waals surface area contributed by atoms with Crippen molar-refractivity contribution in [1.29, 1.82) is 0 Å². The molecule has 5 nitrogen and oxygen atoms in total. The van der Waals surface area contributed by atoms with Crippen LogP contribution < -0.4 is 10.7 Å². The summed E-state index contributed by atoms with van der Waals surface area (Å²) in [5, 5.41) is 6.68. The van der Waals surface area contributed by atoms with E-state index in [1.165, 1.54) is 19.3 Å². The molecule has 1 aliphatic rings. The summed E-state index contributed by atoms with van der Waals surface area (Å²) in [5.74, 6) is -1.42. The summed E-state index contributed by atoms with van der Waals surface area (Å²) in [6.07, 6.45) is 7.70. The van der Waals surface area contributed by atoms with Gasteiger partial charge < -0.3 is 5.32 Å². The third kappa shape index (κ3) is 5.31. The fourth-order valence-corrected chi connectivity index (χ4v) is 2.43. The number of hydrazone groups is 1. The first-order valence-corrected chi connectivity index (χ1v) is 7.88. The van der Waals surface area contributed by atoms with E-state index in [0.29, 0.717) is 5.69 Å². The smallest absolute Gasteiger partial charge is 0.318 e. The fraction of sp³-hybridized carbons (Fsp3) is 0.471. The van der Waals surface area contributed by atoms with Gasteiger partial charge in [-0.05, 0) is 44.7 Å². The molecule has 0 spiro atoms. The molecule has 5 heteroatoms. The first-order chi connectivity index (χ1) is 10.6. The molecule has 0 unspecified atom stereocenters. The standard InChI is InChI=1S/C17H23N3O2/c1-13-9-11-14(12-10-13)18-16(21)17(22)20-19-15-7-5-3-2-4-6-8-15/h9-12H,2-8H2,1H3,(H,18,21)(H,20,22). The molecule has 1 aliphatic carbocycles. The van der Waals surface area contributed by atoms with Crippen LogP contribution in [-0.4, -0.2) is 17.5 Å². The summed E-state index contributed by atoms with van der Waals surface area (Å²) >= 11 is 0. The molecule has 0 aromatic heterocycles. The van der Waals surface area contributed by atoms with E-state index in [0.717, 1.165) is 37.0 Å². The lowest BCUT2D eigenvalue weighted by Crippen LogP contribution is -2.33. The normalized spacial score (nSPS) is 15.4. The molecule has 2 amide bonds. The maximum atomic E-state index is 11.8. The molecule has 2 N–H and O–H groups in total. The second-order valence-corrected chi connectivity index (χ2v) is 5.71. The van der Waals surface area contributed by atoms with Crippen molar-refractivity contribution in [2.24, 2.45) is 5.10 Å². The lowest BCUT2D eigenvalue weighted by Gasteiger charge is -2.11. The lowest BCUT2D eigenvalue weighted by atomic mass is 9.99. The number of hydrogen-bond donors (Lipinski definition) is 2. The number of amides is 2. The van der Waals surface area contributed by atoms with E-state index in [2.05, 4.69) is 15.8 Å². The van der Waals surface area contributed by atoms with E-state index in [1.54, 1.807) is 12.1 Å². The first-order valence-electron chi connectivity index (χ1n) is 7.88. The summed E-state index contributed by atoms with van der Waals surface area (Å²) in [6, 6.07) is 7.28. The van der Waals surface area contributed by atoms with E-state index in [4.69, 9.17) is 0 Å². The molecule has 0 atom stereocenters. The Morgan fingerprint density at radius 1 is 0.909 bits per heavy atom. The van der Waals surface area contributed by atoms with Crippen molar-refractivity contribution in [2.45, 2.75) is 51.9 Å². The van der Waals surface area contributed by atoms with Crippen molar-refractivity contribution in [1.82, 2.24) is 5.43 Å². The van der Waals surface area contributed by atoms with Gasteiger partial charge in [0.05, 0.1) is 0 Å². The molecule has 118 valence electrons. The quantitative estimate of drug-likeness (QED) is 0.650. The van der Waals surface area contributed by atoms with Crippen molar-refractivity contribution < 1.29 is 9.59 Å². The molecule has 0 aliphatic heterocycles. The zero-order valence-corrected chi connectivity index (χ0v) is 13.0. The van der Waals surface area contributed by atoms with Gasteiger partial charge in [0.25, 0.3) is 0 Å². The van der Waals surface area contributed by atoms with Gasteiger partial charge in [0.2, 0.25) is 0 Å². The van der Waals surface area contributed by atoms with Crippen LogP contribution in [0.2, 0.25) is 0 Å². The number of nitrogens with zero attached hydrogens (tertiary/aromatic N) is 1. The van der Waals surface area contributed by atoms with E-state index in [1.807, 2.05) is 19.1 Å². The van der Waals surface area contributed by atoms with Crippen molar-refractivity contribution in [3.8, 4) is 0 Å². The highest BCUT2D eigenvalue weighted by Crippen LogP contribution is 2.14. The predicted molar refractivity (Wildman–Crippen MR) is 87.7 cm³/mol. The second-order valence-electron chi connectivity index (χ2n) is 5.71. The zero-order chi connectivity index (χ0) is 15.8. The van der Waals surface area contributed by atoms with E-state index in [-0.39, 0.29) is 0 Å². The Morgan fingerprint density at radius 3 is 2.14 bits per heavy atom. The number of rotatable bonds is 2. The molecule has 22 heavy (non-hydrogen) atoms. The average molecular weight is 301 g/mol. The summed E-state index contributed by atoms with van der Waals surface area (Å²) in [5.41, 5.74) is 5.05. The number of carbonyl (C=O) groups is 2. The minimum Gasteiger partial charge on any atom is -0.318 e. The molecule has 1 saturated carbocycles. The Morgan fingerprint density at radius 2 is 1.50 bits per heavy atom. The fourth-order valence-electron chi connectivity index (χ4n) is 2.43.